The highest BCUT2D eigenvalue weighted by Crippen LogP contribution is 1.93. The van der Waals surface area contributed by atoms with Gasteiger partial charge >= 0.3 is 0 Å². The molecule has 0 bridgehead atoms. The van der Waals surface area contributed by atoms with Crippen molar-refractivity contribution in [2.45, 2.75) is 39.2 Å². The van der Waals surface area contributed by atoms with Gasteiger partial charge in [0.05, 0.1) is 19.8 Å². The molecule has 1 unspecified atom stereocenters. The minimum absolute atomic E-state index is 0.0660. The van der Waals surface area contributed by atoms with Gasteiger partial charge in [-0.05, 0) is 26.3 Å². The molecule has 1 amide bonds. The second kappa shape index (κ2) is 12.8. The SMILES string of the molecule is CCCC(C)NC(=O)CNCCCOCCOC. The zero-order valence-corrected chi connectivity index (χ0v) is 12.0. The maximum atomic E-state index is 11.5. The number of hydrogen-bond acceptors (Lipinski definition) is 4. The average Bonchev–Trinajstić information content (AvgIpc) is 2.32. The molecule has 0 aromatic rings. The van der Waals surface area contributed by atoms with Gasteiger partial charge in [-0.1, -0.05) is 13.3 Å². The van der Waals surface area contributed by atoms with Gasteiger partial charge in [-0.2, -0.15) is 0 Å². The number of carbonyl (C=O) groups excluding carboxylic acids is 1. The minimum Gasteiger partial charge on any atom is -0.382 e. The van der Waals surface area contributed by atoms with E-state index in [2.05, 4.69) is 17.6 Å². The number of ether oxygens (including phenoxy) is 2. The van der Waals surface area contributed by atoms with Crippen LogP contribution in [0.25, 0.3) is 0 Å². The normalized spacial score (nSPS) is 12.4. The second-order valence-corrected chi connectivity index (χ2v) is 4.39. The molecule has 108 valence electrons. The van der Waals surface area contributed by atoms with E-state index in [-0.39, 0.29) is 11.9 Å². The first-order valence-corrected chi connectivity index (χ1v) is 6.77. The summed E-state index contributed by atoms with van der Waals surface area (Å²) in [5, 5.41) is 6.05. The first-order chi connectivity index (χ1) is 8.70. The van der Waals surface area contributed by atoms with Gasteiger partial charge in [-0.25, -0.2) is 0 Å². The van der Waals surface area contributed by atoms with Crippen molar-refractivity contribution in [2.75, 3.05) is 40.0 Å². The molecule has 1 atom stereocenters. The van der Waals surface area contributed by atoms with Crippen LogP contribution in [0.1, 0.15) is 33.1 Å². The van der Waals surface area contributed by atoms with Gasteiger partial charge in [-0.15, -0.1) is 0 Å². The molecular weight excluding hydrogens is 232 g/mol. The van der Waals surface area contributed by atoms with Crippen molar-refractivity contribution in [3.05, 3.63) is 0 Å². The summed E-state index contributed by atoms with van der Waals surface area (Å²) in [7, 11) is 1.66. The van der Waals surface area contributed by atoms with Crippen LogP contribution in [0.2, 0.25) is 0 Å². The summed E-state index contributed by atoms with van der Waals surface area (Å²) in [6, 6.07) is 0.265. The summed E-state index contributed by atoms with van der Waals surface area (Å²) in [6.45, 7) is 7.28. The number of amides is 1. The molecule has 0 saturated carbocycles. The average molecular weight is 260 g/mol. The van der Waals surface area contributed by atoms with Gasteiger partial charge < -0.3 is 20.1 Å². The summed E-state index contributed by atoms with van der Waals surface area (Å²) >= 11 is 0. The van der Waals surface area contributed by atoms with Crippen LogP contribution in [0.3, 0.4) is 0 Å². The van der Waals surface area contributed by atoms with E-state index in [0.29, 0.717) is 26.4 Å². The van der Waals surface area contributed by atoms with Crippen molar-refractivity contribution in [3.8, 4) is 0 Å². The van der Waals surface area contributed by atoms with Crippen LogP contribution in [0.15, 0.2) is 0 Å². The lowest BCUT2D eigenvalue weighted by atomic mass is 10.2. The maximum absolute atomic E-state index is 11.5. The molecule has 0 aromatic heterocycles. The number of hydrogen-bond donors (Lipinski definition) is 2. The van der Waals surface area contributed by atoms with Crippen LogP contribution >= 0.6 is 0 Å². The Morgan fingerprint density at radius 3 is 2.72 bits per heavy atom. The minimum atomic E-state index is 0.0660. The lowest BCUT2D eigenvalue weighted by molar-refractivity contribution is -0.120. The molecule has 0 aliphatic carbocycles. The monoisotopic (exact) mass is 260 g/mol. The van der Waals surface area contributed by atoms with Crippen molar-refractivity contribution >= 4 is 5.91 Å². The van der Waals surface area contributed by atoms with Crippen LogP contribution in [0.5, 0.6) is 0 Å². The van der Waals surface area contributed by atoms with Gasteiger partial charge in [-0.3, -0.25) is 4.79 Å². The second-order valence-electron chi connectivity index (χ2n) is 4.39. The standard InChI is InChI=1S/C13H28N2O3/c1-4-6-12(2)15-13(16)11-14-7-5-8-18-10-9-17-3/h12,14H,4-11H2,1-3H3,(H,15,16). The fourth-order valence-corrected chi connectivity index (χ4v) is 1.58. The van der Waals surface area contributed by atoms with Crippen LogP contribution in [-0.2, 0) is 14.3 Å². The van der Waals surface area contributed by atoms with E-state index in [1.165, 1.54) is 0 Å². The lowest BCUT2D eigenvalue weighted by Crippen LogP contribution is -2.39. The van der Waals surface area contributed by atoms with Crippen molar-refractivity contribution in [3.63, 3.8) is 0 Å². The number of nitrogens with one attached hydrogen (secondary N) is 2. The van der Waals surface area contributed by atoms with Crippen molar-refractivity contribution < 1.29 is 14.3 Å². The number of carbonyl (C=O) groups is 1. The maximum Gasteiger partial charge on any atom is 0.234 e. The third-order valence-electron chi connectivity index (χ3n) is 2.49. The van der Waals surface area contributed by atoms with E-state index in [1.54, 1.807) is 7.11 Å². The Kier molecular flexibility index (Phi) is 12.3. The van der Waals surface area contributed by atoms with Crippen LogP contribution in [-0.4, -0.2) is 52.0 Å². The molecule has 0 fully saturated rings. The smallest absolute Gasteiger partial charge is 0.234 e. The lowest BCUT2D eigenvalue weighted by Gasteiger charge is -2.13. The number of rotatable bonds is 12. The van der Waals surface area contributed by atoms with Crippen LogP contribution in [0.4, 0.5) is 0 Å². The molecule has 0 spiro atoms. The first-order valence-electron chi connectivity index (χ1n) is 6.77. The fourth-order valence-electron chi connectivity index (χ4n) is 1.58. The molecule has 18 heavy (non-hydrogen) atoms. The Labute approximate surface area is 111 Å². The van der Waals surface area contributed by atoms with Crippen LogP contribution < -0.4 is 10.6 Å². The summed E-state index contributed by atoms with van der Waals surface area (Å²) in [4.78, 5) is 11.5. The number of methoxy groups -OCH3 is 1. The fraction of sp³-hybridized carbons (Fsp3) is 0.923. The molecule has 0 saturated heterocycles. The largest absolute Gasteiger partial charge is 0.382 e. The van der Waals surface area contributed by atoms with Gasteiger partial charge in [0, 0.05) is 19.8 Å². The van der Waals surface area contributed by atoms with Crippen molar-refractivity contribution in [1.29, 1.82) is 0 Å². The Hall–Kier alpha value is -0.650. The van der Waals surface area contributed by atoms with Gasteiger partial charge in [0.1, 0.15) is 0 Å². The van der Waals surface area contributed by atoms with E-state index in [1.807, 2.05) is 6.92 Å². The topological polar surface area (TPSA) is 59.6 Å². The summed E-state index contributed by atoms with van der Waals surface area (Å²) in [5.41, 5.74) is 0. The van der Waals surface area contributed by atoms with Crippen molar-refractivity contribution in [2.24, 2.45) is 0 Å². The quantitative estimate of drug-likeness (QED) is 0.513. The molecule has 0 aliphatic rings. The summed E-state index contributed by atoms with van der Waals surface area (Å²) in [6.07, 6.45) is 3.02. The van der Waals surface area contributed by atoms with E-state index in [0.717, 1.165) is 25.8 Å². The molecule has 5 nitrogen and oxygen atoms in total. The van der Waals surface area contributed by atoms with E-state index in [4.69, 9.17) is 9.47 Å². The Morgan fingerprint density at radius 1 is 1.28 bits per heavy atom. The van der Waals surface area contributed by atoms with E-state index >= 15 is 0 Å². The molecular formula is C13H28N2O3. The Morgan fingerprint density at radius 2 is 2.06 bits per heavy atom. The first kappa shape index (κ1) is 17.4. The molecule has 5 heteroatoms. The zero-order chi connectivity index (χ0) is 13.6. The molecule has 0 radical (unpaired) electrons. The van der Waals surface area contributed by atoms with Gasteiger partial charge in [0.2, 0.25) is 5.91 Å². The predicted octanol–water partition coefficient (Wildman–Crippen LogP) is 0.934. The molecule has 2 N–H and O–H groups in total. The highest BCUT2D eigenvalue weighted by atomic mass is 16.5. The molecule has 0 rings (SSSR count). The Bertz CT molecular complexity index is 201. The summed E-state index contributed by atoms with van der Waals surface area (Å²) < 4.78 is 10.2. The highest BCUT2D eigenvalue weighted by Gasteiger charge is 2.05. The van der Waals surface area contributed by atoms with Crippen molar-refractivity contribution in [1.82, 2.24) is 10.6 Å². The molecule has 0 heterocycles. The Balaban J connectivity index is 3.25. The third-order valence-corrected chi connectivity index (χ3v) is 2.49. The van der Waals surface area contributed by atoms with Gasteiger partial charge in [0.15, 0.2) is 0 Å². The highest BCUT2D eigenvalue weighted by molar-refractivity contribution is 5.78. The molecule has 0 aliphatic heterocycles. The van der Waals surface area contributed by atoms with Gasteiger partial charge in [0.25, 0.3) is 0 Å². The predicted molar refractivity (Wildman–Crippen MR) is 72.7 cm³/mol. The van der Waals surface area contributed by atoms with E-state index in [9.17, 15) is 4.79 Å². The molecule has 0 aromatic carbocycles. The van der Waals surface area contributed by atoms with E-state index < -0.39 is 0 Å². The van der Waals surface area contributed by atoms with Crippen LogP contribution in [0, 0.1) is 0 Å². The zero-order valence-electron chi connectivity index (χ0n) is 12.0. The summed E-state index contributed by atoms with van der Waals surface area (Å²) in [5.74, 6) is 0.0660. The third kappa shape index (κ3) is 11.8.